The Balaban J connectivity index is 1.82. The van der Waals surface area contributed by atoms with Crippen molar-refractivity contribution >= 4 is 32.4 Å². The second-order valence-electron chi connectivity index (χ2n) is 6.83. The Morgan fingerprint density at radius 1 is 1.14 bits per heavy atom. The zero-order valence-corrected chi connectivity index (χ0v) is 18.1. The van der Waals surface area contributed by atoms with Crippen LogP contribution in [0.15, 0.2) is 28.6 Å². The normalized spacial score (nSPS) is 11.8. The number of carbonyl (C=O) groups excluding carboxylic acids is 1. The van der Waals surface area contributed by atoms with E-state index < -0.39 is 10.0 Å². The molecule has 154 valence electrons. The molecule has 0 atom stereocenters. The van der Waals surface area contributed by atoms with Gasteiger partial charge in [0.05, 0.1) is 6.10 Å². The Labute approximate surface area is 169 Å². The van der Waals surface area contributed by atoms with E-state index in [1.165, 1.54) is 0 Å². The van der Waals surface area contributed by atoms with E-state index in [0.29, 0.717) is 6.42 Å². The van der Waals surface area contributed by atoms with E-state index >= 15 is 0 Å². The summed E-state index contributed by atoms with van der Waals surface area (Å²) in [6.07, 6.45) is 1.50. The van der Waals surface area contributed by atoms with E-state index in [4.69, 9.17) is 4.74 Å². The molecule has 0 aliphatic rings. The van der Waals surface area contributed by atoms with Crippen molar-refractivity contribution in [3.8, 4) is 5.75 Å². The number of rotatable bonds is 10. The SMILES string of the molecule is CC(C)Oc1ccc(CCCNS(=O)(=O)c2nnc(NC(=O)C(C)C)s2)cc1. The molecule has 2 rings (SSSR count). The molecule has 0 unspecified atom stereocenters. The van der Waals surface area contributed by atoms with Gasteiger partial charge in [-0.15, -0.1) is 10.2 Å². The largest absolute Gasteiger partial charge is 0.491 e. The summed E-state index contributed by atoms with van der Waals surface area (Å²) in [6, 6.07) is 7.77. The number of amides is 1. The number of anilines is 1. The Hall–Kier alpha value is -2.04. The van der Waals surface area contributed by atoms with E-state index in [1.807, 2.05) is 38.1 Å². The van der Waals surface area contributed by atoms with E-state index in [9.17, 15) is 13.2 Å². The van der Waals surface area contributed by atoms with Crippen LogP contribution in [-0.2, 0) is 21.2 Å². The smallest absolute Gasteiger partial charge is 0.269 e. The monoisotopic (exact) mass is 426 g/mol. The maximum atomic E-state index is 12.3. The zero-order valence-electron chi connectivity index (χ0n) is 16.4. The molecule has 0 fully saturated rings. The summed E-state index contributed by atoms with van der Waals surface area (Å²) < 4.78 is 32.5. The molecule has 0 aliphatic heterocycles. The molecule has 1 aromatic heterocycles. The first-order valence-electron chi connectivity index (χ1n) is 9.07. The molecule has 0 bridgehead atoms. The van der Waals surface area contributed by atoms with Crippen LogP contribution in [0.25, 0.3) is 0 Å². The molecule has 10 heteroatoms. The second-order valence-corrected chi connectivity index (χ2v) is 9.75. The Bertz CT molecular complexity index is 877. The first kappa shape index (κ1) is 22.3. The summed E-state index contributed by atoms with van der Waals surface area (Å²) in [5, 5.41) is 10.1. The van der Waals surface area contributed by atoms with Crippen LogP contribution in [0.2, 0.25) is 0 Å². The van der Waals surface area contributed by atoms with Crippen molar-refractivity contribution < 1.29 is 17.9 Å². The summed E-state index contributed by atoms with van der Waals surface area (Å²) in [7, 11) is -3.75. The van der Waals surface area contributed by atoms with Crippen molar-refractivity contribution in [1.82, 2.24) is 14.9 Å². The van der Waals surface area contributed by atoms with Crippen molar-refractivity contribution in [2.45, 2.75) is 51.0 Å². The van der Waals surface area contributed by atoms with Gasteiger partial charge >= 0.3 is 0 Å². The molecule has 2 aromatic rings. The van der Waals surface area contributed by atoms with Crippen LogP contribution in [0.3, 0.4) is 0 Å². The van der Waals surface area contributed by atoms with Gasteiger partial charge in [-0.05, 0) is 44.4 Å². The topological polar surface area (TPSA) is 110 Å². The third kappa shape index (κ3) is 6.84. The van der Waals surface area contributed by atoms with Crippen LogP contribution in [0.5, 0.6) is 5.75 Å². The molecule has 8 nitrogen and oxygen atoms in total. The Morgan fingerprint density at radius 2 is 1.82 bits per heavy atom. The van der Waals surface area contributed by atoms with Gasteiger partial charge in [0.2, 0.25) is 15.4 Å². The zero-order chi connectivity index (χ0) is 20.7. The molecule has 0 saturated heterocycles. The summed E-state index contributed by atoms with van der Waals surface area (Å²) in [6.45, 7) is 7.69. The fourth-order valence-electron chi connectivity index (χ4n) is 2.19. The van der Waals surface area contributed by atoms with Crippen LogP contribution in [0.4, 0.5) is 5.13 Å². The van der Waals surface area contributed by atoms with Crippen LogP contribution < -0.4 is 14.8 Å². The maximum Gasteiger partial charge on any atom is 0.269 e. The minimum Gasteiger partial charge on any atom is -0.491 e. The number of nitrogens with one attached hydrogen (secondary N) is 2. The number of nitrogens with zero attached hydrogens (tertiary/aromatic N) is 2. The Morgan fingerprint density at radius 3 is 2.43 bits per heavy atom. The second kappa shape index (κ2) is 9.94. The van der Waals surface area contributed by atoms with Crippen molar-refractivity contribution in [1.29, 1.82) is 0 Å². The van der Waals surface area contributed by atoms with E-state index in [2.05, 4.69) is 20.2 Å². The number of hydrogen-bond donors (Lipinski definition) is 2. The number of aryl methyl sites for hydroxylation is 1. The van der Waals surface area contributed by atoms with Gasteiger partial charge in [-0.2, -0.15) is 0 Å². The van der Waals surface area contributed by atoms with Gasteiger partial charge in [0.1, 0.15) is 5.75 Å². The molecule has 2 N–H and O–H groups in total. The molecular formula is C18H26N4O4S2. The minimum absolute atomic E-state index is 0.125. The number of sulfonamides is 1. The molecular weight excluding hydrogens is 400 g/mol. The van der Waals surface area contributed by atoms with Gasteiger partial charge in [-0.25, -0.2) is 13.1 Å². The first-order chi connectivity index (χ1) is 13.2. The molecule has 0 spiro atoms. The lowest BCUT2D eigenvalue weighted by Gasteiger charge is -2.10. The van der Waals surface area contributed by atoms with Crippen molar-refractivity contribution in [2.75, 3.05) is 11.9 Å². The van der Waals surface area contributed by atoms with Crippen LogP contribution in [0.1, 0.15) is 39.7 Å². The quantitative estimate of drug-likeness (QED) is 0.446. The highest BCUT2D eigenvalue weighted by Crippen LogP contribution is 2.20. The van der Waals surface area contributed by atoms with Crippen molar-refractivity contribution in [3.05, 3.63) is 29.8 Å². The van der Waals surface area contributed by atoms with E-state index in [1.54, 1.807) is 13.8 Å². The average Bonchev–Trinajstić information content (AvgIpc) is 3.09. The lowest BCUT2D eigenvalue weighted by molar-refractivity contribution is -0.118. The predicted molar refractivity (Wildman–Crippen MR) is 109 cm³/mol. The van der Waals surface area contributed by atoms with Gasteiger partial charge in [0, 0.05) is 12.5 Å². The van der Waals surface area contributed by atoms with Crippen molar-refractivity contribution in [3.63, 3.8) is 0 Å². The van der Waals surface area contributed by atoms with E-state index in [-0.39, 0.29) is 33.9 Å². The van der Waals surface area contributed by atoms with E-state index in [0.717, 1.165) is 29.1 Å². The standard InChI is InChI=1S/C18H26N4O4S2/c1-12(2)16(23)20-17-21-22-18(27-17)28(24,25)19-11-5-6-14-7-9-15(10-8-14)26-13(3)4/h7-10,12-13,19H,5-6,11H2,1-4H3,(H,20,21,23). The summed E-state index contributed by atoms with van der Waals surface area (Å²) >= 11 is 0.828. The molecule has 0 aliphatic carbocycles. The van der Waals surface area contributed by atoms with Crippen molar-refractivity contribution in [2.24, 2.45) is 5.92 Å². The summed E-state index contributed by atoms with van der Waals surface area (Å²) in [5.41, 5.74) is 1.10. The molecule has 1 heterocycles. The number of ether oxygens (including phenoxy) is 1. The van der Waals surface area contributed by atoms with Gasteiger partial charge in [-0.3, -0.25) is 4.79 Å². The maximum absolute atomic E-state index is 12.3. The van der Waals surface area contributed by atoms with Gasteiger partial charge in [-0.1, -0.05) is 37.3 Å². The number of hydrogen-bond acceptors (Lipinski definition) is 7. The number of benzene rings is 1. The first-order valence-corrected chi connectivity index (χ1v) is 11.4. The lowest BCUT2D eigenvalue weighted by Crippen LogP contribution is -2.25. The predicted octanol–water partition coefficient (Wildman–Crippen LogP) is 2.83. The van der Waals surface area contributed by atoms with Gasteiger partial charge in [0.15, 0.2) is 0 Å². The average molecular weight is 427 g/mol. The summed E-state index contributed by atoms with van der Waals surface area (Å²) in [5.74, 6) is 0.349. The van der Waals surface area contributed by atoms with Crippen LogP contribution >= 0.6 is 11.3 Å². The summed E-state index contributed by atoms with van der Waals surface area (Å²) in [4.78, 5) is 11.6. The Kier molecular flexibility index (Phi) is 7.90. The van der Waals surface area contributed by atoms with Gasteiger partial charge in [0.25, 0.3) is 10.0 Å². The molecule has 1 aromatic carbocycles. The molecule has 0 radical (unpaired) electrons. The number of carbonyl (C=O) groups is 1. The van der Waals surface area contributed by atoms with Crippen LogP contribution in [-0.4, -0.2) is 37.2 Å². The molecule has 0 saturated carbocycles. The fraction of sp³-hybridized carbons (Fsp3) is 0.500. The highest BCUT2D eigenvalue weighted by molar-refractivity contribution is 7.91. The number of aromatic nitrogens is 2. The third-order valence-electron chi connectivity index (χ3n) is 3.62. The lowest BCUT2D eigenvalue weighted by atomic mass is 10.1. The molecule has 28 heavy (non-hydrogen) atoms. The van der Waals surface area contributed by atoms with Crippen LogP contribution in [0, 0.1) is 5.92 Å². The third-order valence-corrected chi connectivity index (χ3v) is 6.29. The highest BCUT2D eigenvalue weighted by Gasteiger charge is 2.20. The minimum atomic E-state index is -3.75. The fourth-order valence-corrected chi connectivity index (χ4v) is 4.20. The van der Waals surface area contributed by atoms with Gasteiger partial charge < -0.3 is 10.1 Å². The highest BCUT2D eigenvalue weighted by atomic mass is 32.2. The molecule has 1 amide bonds.